The quantitative estimate of drug-likeness (QED) is 0.415. The second kappa shape index (κ2) is 10.9. The van der Waals surface area contributed by atoms with Crippen molar-refractivity contribution in [1.29, 1.82) is 0 Å². The zero-order valence-corrected chi connectivity index (χ0v) is 15.9. The van der Waals surface area contributed by atoms with E-state index in [-0.39, 0.29) is 17.9 Å². The summed E-state index contributed by atoms with van der Waals surface area (Å²) >= 11 is 5.87. The summed E-state index contributed by atoms with van der Waals surface area (Å²) in [4.78, 5) is 35.2. The molecule has 1 aromatic carbocycles. The maximum Gasteiger partial charge on any atom is 0.303 e. The molecule has 0 atom stereocenters. The van der Waals surface area contributed by atoms with Crippen molar-refractivity contribution in [3.63, 3.8) is 0 Å². The SMILES string of the molecule is O=C(O)CCCCCNC(=O)C(=Cc1ccc(Cl)cc1)NC(=O)c1ccco1. The van der Waals surface area contributed by atoms with E-state index in [1.165, 1.54) is 18.4 Å². The van der Waals surface area contributed by atoms with Gasteiger partial charge in [0.1, 0.15) is 5.70 Å². The average Bonchev–Trinajstić information content (AvgIpc) is 3.20. The minimum absolute atomic E-state index is 0.0641. The fraction of sp³-hybridized carbons (Fsp3) is 0.250. The first-order valence-electron chi connectivity index (χ1n) is 8.78. The standard InChI is InChI=1S/C20H21ClN2O5/c21-15-9-7-14(8-10-15)13-16(23-20(27)17-5-4-12-28-17)19(26)22-11-3-1-2-6-18(24)25/h4-5,7-10,12-13H,1-3,6,11H2,(H,22,26)(H,23,27)(H,24,25). The molecule has 1 aromatic heterocycles. The normalized spacial score (nSPS) is 11.1. The molecule has 1 heterocycles. The van der Waals surface area contributed by atoms with Crippen LogP contribution in [0.15, 0.2) is 52.8 Å². The van der Waals surface area contributed by atoms with E-state index in [1.807, 2.05) is 0 Å². The zero-order valence-electron chi connectivity index (χ0n) is 15.1. The first kappa shape index (κ1) is 21.2. The van der Waals surface area contributed by atoms with Gasteiger partial charge in [0.15, 0.2) is 5.76 Å². The van der Waals surface area contributed by atoms with Crippen LogP contribution in [0, 0.1) is 0 Å². The summed E-state index contributed by atoms with van der Waals surface area (Å²) in [6, 6.07) is 9.88. The van der Waals surface area contributed by atoms with E-state index in [1.54, 1.807) is 30.3 Å². The maximum atomic E-state index is 12.5. The molecule has 0 aliphatic carbocycles. The van der Waals surface area contributed by atoms with Gasteiger partial charge in [-0.25, -0.2) is 0 Å². The van der Waals surface area contributed by atoms with Crippen molar-refractivity contribution in [2.24, 2.45) is 0 Å². The van der Waals surface area contributed by atoms with Crippen molar-refractivity contribution < 1.29 is 23.9 Å². The highest BCUT2D eigenvalue weighted by Gasteiger charge is 2.16. The van der Waals surface area contributed by atoms with Crippen molar-refractivity contribution in [2.75, 3.05) is 6.54 Å². The van der Waals surface area contributed by atoms with Crippen molar-refractivity contribution >= 4 is 35.5 Å². The second-order valence-electron chi connectivity index (χ2n) is 6.00. The van der Waals surface area contributed by atoms with Crippen LogP contribution in [0.1, 0.15) is 41.8 Å². The Morgan fingerprint density at radius 2 is 1.82 bits per heavy atom. The summed E-state index contributed by atoms with van der Waals surface area (Å²) in [5, 5.41) is 14.5. The highest BCUT2D eigenvalue weighted by atomic mass is 35.5. The molecule has 2 amide bonds. The van der Waals surface area contributed by atoms with Gasteiger partial charge in [-0.15, -0.1) is 0 Å². The largest absolute Gasteiger partial charge is 0.481 e. The number of carbonyl (C=O) groups excluding carboxylic acids is 2. The average molecular weight is 405 g/mol. The Balaban J connectivity index is 2.00. The predicted molar refractivity (Wildman–Crippen MR) is 105 cm³/mol. The molecule has 0 aliphatic rings. The smallest absolute Gasteiger partial charge is 0.303 e. The van der Waals surface area contributed by atoms with Crippen LogP contribution in [-0.2, 0) is 9.59 Å². The molecule has 7 nitrogen and oxygen atoms in total. The molecule has 0 spiro atoms. The summed E-state index contributed by atoms with van der Waals surface area (Å²) in [6.45, 7) is 0.368. The van der Waals surface area contributed by atoms with E-state index in [0.717, 1.165) is 0 Å². The number of carboxylic acid groups (broad SMARTS) is 1. The summed E-state index contributed by atoms with van der Waals surface area (Å²) in [7, 11) is 0. The van der Waals surface area contributed by atoms with Crippen LogP contribution in [0.25, 0.3) is 6.08 Å². The number of carbonyl (C=O) groups is 3. The fourth-order valence-electron chi connectivity index (χ4n) is 2.35. The summed E-state index contributed by atoms with van der Waals surface area (Å²) in [6.07, 6.45) is 4.88. The lowest BCUT2D eigenvalue weighted by atomic mass is 10.1. The van der Waals surface area contributed by atoms with Crippen LogP contribution in [0.2, 0.25) is 5.02 Å². The van der Waals surface area contributed by atoms with Gasteiger partial charge >= 0.3 is 5.97 Å². The highest BCUT2D eigenvalue weighted by molar-refractivity contribution is 6.30. The van der Waals surface area contributed by atoms with E-state index in [2.05, 4.69) is 10.6 Å². The fourth-order valence-corrected chi connectivity index (χ4v) is 2.48. The van der Waals surface area contributed by atoms with Crippen LogP contribution < -0.4 is 10.6 Å². The molecular weight excluding hydrogens is 384 g/mol. The number of hydrogen-bond acceptors (Lipinski definition) is 4. The summed E-state index contributed by atoms with van der Waals surface area (Å²) in [5.41, 5.74) is 0.755. The maximum absolute atomic E-state index is 12.5. The van der Waals surface area contributed by atoms with Crippen molar-refractivity contribution in [2.45, 2.75) is 25.7 Å². The lowest BCUT2D eigenvalue weighted by molar-refractivity contribution is -0.137. The lowest BCUT2D eigenvalue weighted by Crippen LogP contribution is -2.35. The van der Waals surface area contributed by atoms with Gasteiger partial charge in [0.2, 0.25) is 0 Å². The Kier molecular flexibility index (Phi) is 8.30. The second-order valence-corrected chi connectivity index (χ2v) is 6.44. The number of carboxylic acids is 1. The van der Waals surface area contributed by atoms with Crippen LogP contribution in [-0.4, -0.2) is 29.4 Å². The van der Waals surface area contributed by atoms with Gasteiger partial charge in [0.05, 0.1) is 6.26 Å². The molecule has 3 N–H and O–H groups in total. The number of rotatable bonds is 10. The van der Waals surface area contributed by atoms with Gasteiger partial charge in [-0.2, -0.15) is 0 Å². The zero-order chi connectivity index (χ0) is 20.4. The van der Waals surface area contributed by atoms with E-state index in [9.17, 15) is 14.4 Å². The van der Waals surface area contributed by atoms with E-state index in [0.29, 0.717) is 36.4 Å². The van der Waals surface area contributed by atoms with E-state index >= 15 is 0 Å². The topological polar surface area (TPSA) is 109 Å². The summed E-state index contributed by atoms with van der Waals surface area (Å²) < 4.78 is 5.05. The Labute approximate surface area is 167 Å². The number of benzene rings is 1. The predicted octanol–water partition coefficient (Wildman–Crippen LogP) is 3.47. The number of hydrogen-bond donors (Lipinski definition) is 3. The Morgan fingerprint density at radius 1 is 1.07 bits per heavy atom. The van der Waals surface area contributed by atoms with Gasteiger partial charge < -0.3 is 20.2 Å². The highest BCUT2D eigenvalue weighted by Crippen LogP contribution is 2.12. The minimum atomic E-state index is -0.835. The number of furan rings is 1. The third-order valence-corrected chi connectivity index (χ3v) is 4.02. The van der Waals surface area contributed by atoms with Crippen LogP contribution in [0.3, 0.4) is 0 Å². The van der Waals surface area contributed by atoms with Gasteiger partial charge in [0.25, 0.3) is 11.8 Å². The molecule has 0 saturated heterocycles. The van der Waals surface area contributed by atoms with E-state index in [4.69, 9.17) is 21.1 Å². The molecule has 0 radical (unpaired) electrons. The number of amides is 2. The van der Waals surface area contributed by atoms with E-state index < -0.39 is 17.8 Å². The van der Waals surface area contributed by atoms with Crippen molar-refractivity contribution in [1.82, 2.24) is 10.6 Å². The molecule has 2 rings (SSSR count). The third-order valence-electron chi connectivity index (χ3n) is 3.77. The molecule has 0 saturated carbocycles. The van der Waals surface area contributed by atoms with Crippen LogP contribution >= 0.6 is 11.6 Å². The molecule has 148 valence electrons. The van der Waals surface area contributed by atoms with Crippen LogP contribution in [0.5, 0.6) is 0 Å². The molecule has 2 aromatic rings. The number of aliphatic carboxylic acids is 1. The summed E-state index contributed by atoms with van der Waals surface area (Å²) in [5.74, 6) is -1.74. The first-order valence-corrected chi connectivity index (χ1v) is 9.15. The number of unbranched alkanes of at least 4 members (excludes halogenated alkanes) is 2. The Morgan fingerprint density at radius 3 is 2.46 bits per heavy atom. The van der Waals surface area contributed by atoms with Gasteiger partial charge in [-0.05, 0) is 48.7 Å². The molecule has 8 heteroatoms. The van der Waals surface area contributed by atoms with Gasteiger partial charge in [-0.3, -0.25) is 14.4 Å². The molecule has 28 heavy (non-hydrogen) atoms. The lowest BCUT2D eigenvalue weighted by Gasteiger charge is -2.10. The van der Waals surface area contributed by atoms with Gasteiger partial charge in [-0.1, -0.05) is 30.2 Å². The number of halogens is 1. The van der Waals surface area contributed by atoms with Crippen molar-refractivity contribution in [3.05, 3.63) is 64.7 Å². The minimum Gasteiger partial charge on any atom is -0.481 e. The monoisotopic (exact) mass is 404 g/mol. The molecule has 0 aliphatic heterocycles. The third kappa shape index (κ3) is 7.28. The van der Waals surface area contributed by atoms with Crippen LogP contribution in [0.4, 0.5) is 0 Å². The molecule has 0 fully saturated rings. The Hall–Kier alpha value is -3.06. The Bertz CT molecular complexity index is 829. The number of nitrogens with one attached hydrogen (secondary N) is 2. The molecule has 0 unspecified atom stereocenters. The first-order chi connectivity index (χ1) is 13.5. The van der Waals surface area contributed by atoms with Gasteiger partial charge in [0, 0.05) is 18.0 Å². The van der Waals surface area contributed by atoms with Crippen molar-refractivity contribution in [3.8, 4) is 0 Å². The molecule has 0 bridgehead atoms. The molecular formula is C20H21ClN2O5.